The van der Waals surface area contributed by atoms with Crippen molar-refractivity contribution in [2.45, 2.75) is 45.9 Å². The van der Waals surface area contributed by atoms with Gasteiger partial charge in [-0.05, 0) is 18.1 Å². The summed E-state index contributed by atoms with van der Waals surface area (Å²) in [6.07, 6.45) is -0.0732. The Morgan fingerprint density at radius 1 is 0.963 bits per heavy atom. The lowest BCUT2D eigenvalue weighted by molar-refractivity contribution is -0.143. The predicted molar refractivity (Wildman–Crippen MR) is 106 cm³/mol. The maximum Gasteiger partial charge on any atom is 0.260 e. The van der Waals surface area contributed by atoms with Crippen molar-refractivity contribution in [1.29, 1.82) is 0 Å². The first-order chi connectivity index (χ1) is 12.8. The van der Waals surface area contributed by atoms with Gasteiger partial charge in [-0.1, -0.05) is 81.4 Å². The molecule has 27 heavy (non-hydrogen) atoms. The van der Waals surface area contributed by atoms with E-state index in [1.165, 1.54) is 0 Å². The van der Waals surface area contributed by atoms with Crippen molar-refractivity contribution in [3.05, 3.63) is 83.7 Å². The van der Waals surface area contributed by atoms with E-state index in [9.17, 15) is 9.90 Å². The van der Waals surface area contributed by atoms with Crippen molar-refractivity contribution in [3.8, 4) is 0 Å². The average Bonchev–Trinajstić information content (AvgIpc) is 2.76. The molecule has 0 bridgehead atoms. The highest BCUT2D eigenvalue weighted by Gasteiger charge is 2.38. The number of carbonyl (C=O) groups is 1. The molecule has 0 fully saturated rings. The Bertz CT molecular complexity index is 769. The Morgan fingerprint density at radius 3 is 1.89 bits per heavy atom. The summed E-state index contributed by atoms with van der Waals surface area (Å²) in [4.78, 5) is 14.8. The molecule has 3 rings (SSSR count). The second kappa shape index (κ2) is 7.57. The topological polar surface area (TPSA) is 49.8 Å². The van der Waals surface area contributed by atoms with Crippen LogP contribution in [-0.2, 0) is 9.53 Å². The van der Waals surface area contributed by atoms with Gasteiger partial charge in [0.25, 0.3) is 5.91 Å². The Hall–Kier alpha value is -2.59. The molecule has 0 aliphatic carbocycles. The van der Waals surface area contributed by atoms with Crippen LogP contribution < -0.4 is 0 Å². The molecule has 4 nitrogen and oxygen atoms in total. The maximum absolute atomic E-state index is 13.2. The summed E-state index contributed by atoms with van der Waals surface area (Å²) < 4.78 is 5.96. The lowest BCUT2D eigenvalue weighted by atomic mass is 9.93. The van der Waals surface area contributed by atoms with E-state index in [1.807, 2.05) is 81.4 Å². The van der Waals surface area contributed by atoms with Gasteiger partial charge in [-0.2, -0.15) is 0 Å². The first-order valence-corrected chi connectivity index (χ1v) is 9.28. The van der Waals surface area contributed by atoms with E-state index in [4.69, 9.17) is 4.74 Å². The van der Waals surface area contributed by atoms with Crippen LogP contribution in [0.4, 0.5) is 0 Å². The summed E-state index contributed by atoms with van der Waals surface area (Å²) in [5.41, 5.74) is 1.65. The number of ether oxygens (including phenoxy) is 1. The van der Waals surface area contributed by atoms with Gasteiger partial charge in [-0.3, -0.25) is 4.79 Å². The van der Waals surface area contributed by atoms with Crippen molar-refractivity contribution in [1.82, 2.24) is 4.90 Å². The molecule has 0 unspecified atom stereocenters. The zero-order valence-corrected chi connectivity index (χ0v) is 16.3. The number of carbonyl (C=O) groups excluding carboxylic acids is 1. The van der Waals surface area contributed by atoms with Crippen LogP contribution in [0.15, 0.2) is 72.6 Å². The first-order valence-electron chi connectivity index (χ1n) is 9.28. The van der Waals surface area contributed by atoms with Crippen LogP contribution in [0.1, 0.15) is 44.9 Å². The van der Waals surface area contributed by atoms with Crippen molar-refractivity contribution in [3.63, 3.8) is 0 Å². The van der Waals surface area contributed by atoms with E-state index in [-0.39, 0.29) is 17.4 Å². The van der Waals surface area contributed by atoms with Crippen LogP contribution in [0.2, 0.25) is 0 Å². The SMILES string of the molecule is C[C@@H]1OC(C(C)(C)C)=CN(C(c2ccccc2)c2ccccc2)C(=O)[C@@H]1O. The van der Waals surface area contributed by atoms with Gasteiger partial charge in [-0.25, -0.2) is 0 Å². The highest BCUT2D eigenvalue weighted by molar-refractivity contribution is 5.83. The number of allylic oxidation sites excluding steroid dienone is 1. The van der Waals surface area contributed by atoms with Crippen molar-refractivity contribution in [2.24, 2.45) is 5.41 Å². The first kappa shape index (κ1) is 19.2. The molecule has 1 N–H and O–H groups in total. The average molecular weight is 365 g/mol. The molecule has 1 aliphatic heterocycles. The molecule has 2 atom stereocenters. The fourth-order valence-electron chi connectivity index (χ4n) is 3.20. The van der Waals surface area contributed by atoms with Gasteiger partial charge in [0, 0.05) is 11.6 Å². The number of rotatable bonds is 3. The minimum absolute atomic E-state index is 0.297. The third kappa shape index (κ3) is 4.06. The minimum Gasteiger partial charge on any atom is -0.490 e. The van der Waals surface area contributed by atoms with Crippen LogP contribution in [0.3, 0.4) is 0 Å². The number of aliphatic hydroxyl groups is 1. The second-order valence-corrected chi connectivity index (χ2v) is 7.98. The Kier molecular flexibility index (Phi) is 5.38. The fraction of sp³-hybridized carbons (Fsp3) is 0.348. The largest absolute Gasteiger partial charge is 0.490 e. The quantitative estimate of drug-likeness (QED) is 0.884. The zero-order chi connectivity index (χ0) is 19.6. The number of aliphatic hydroxyl groups excluding tert-OH is 1. The van der Waals surface area contributed by atoms with E-state index < -0.39 is 12.2 Å². The molecule has 0 saturated heterocycles. The molecule has 1 aliphatic rings. The standard InChI is InChI=1S/C23H27NO3/c1-16-21(25)22(26)24(15-19(27-16)23(2,3)4)20(17-11-7-5-8-12-17)18-13-9-6-10-14-18/h5-16,20-21,25H,1-4H3/t16-,21+/m0/s1. The predicted octanol–water partition coefficient (Wildman–Crippen LogP) is 4.27. The van der Waals surface area contributed by atoms with Gasteiger partial charge >= 0.3 is 0 Å². The normalized spacial score (nSPS) is 20.9. The van der Waals surface area contributed by atoms with E-state index >= 15 is 0 Å². The molecule has 0 spiro atoms. The molecular weight excluding hydrogens is 338 g/mol. The Labute approximate surface area is 161 Å². The molecule has 2 aromatic rings. The van der Waals surface area contributed by atoms with E-state index in [1.54, 1.807) is 18.0 Å². The highest BCUT2D eigenvalue weighted by Crippen LogP contribution is 2.36. The van der Waals surface area contributed by atoms with Crippen LogP contribution in [0.5, 0.6) is 0 Å². The Balaban J connectivity index is 2.17. The smallest absolute Gasteiger partial charge is 0.260 e. The molecule has 0 aromatic heterocycles. The summed E-state index contributed by atoms with van der Waals surface area (Å²) in [6.45, 7) is 7.83. The molecule has 0 saturated carbocycles. The third-order valence-corrected chi connectivity index (χ3v) is 4.77. The third-order valence-electron chi connectivity index (χ3n) is 4.77. The molecule has 142 valence electrons. The van der Waals surface area contributed by atoms with Gasteiger partial charge in [0.2, 0.25) is 0 Å². The molecular formula is C23H27NO3. The highest BCUT2D eigenvalue weighted by atomic mass is 16.5. The molecule has 1 heterocycles. The Morgan fingerprint density at radius 2 is 1.44 bits per heavy atom. The van der Waals surface area contributed by atoms with Gasteiger partial charge in [0.1, 0.15) is 11.9 Å². The fourth-order valence-corrected chi connectivity index (χ4v) is 3.20. The summed E-state index contributed by atoms with van der Waals surface area (Å²) in [5, 5.41) is 10.6. The molecule has 4 heteroatoms. The summed E-state index contributed by atoms with van der Waals surface area (Å²) in [6, 6.07) is 19.4. The second-order valence-electron chi connectivity index (χ2n) is 7.98. The lowest BCUT2D eigenvalue weighted by Crippen LogP contribution is -2.42. The maximum atomic E-state index is 13.2. The minimum atomic E-state index is -1.23. The van der Waals surface area contributed by atoms with E-state index in [0.29, 0.717) is 5.76 Å². The van der Waals surface area contributed by atoms with Gasteiger partial charge < -0.3 is 14.7 Å². The van der Waals surface area contributed by atoms with Crippen molar-refractivity contribution >= 4 is 5.91 Å². The van der Waals surface area contributed by atoms with Crippen LogP contribution in [0.25, 0.3) is 0 Å². The van der Waals surface area contributed by atoms with Crippen molar-refractivity contribution in [2.75, 3.05) is 0 Å². The van der Waals surface area contributed by atoms with Crippen LogP contribution in [0, 0.1) is 5.41 Å². The molecule has 0 radical (unpaired) electrons. The number of benzene rings is 2. The van der Waals surface area contributed by atoms with Crippen LogP contribution >= 0.6 is 0 Å². The van der Waals surface area contributed by atoms with Gasteiger partial charge in [-0.15, -0.1) is 0 Å². The van der Waals surface area contributed by atoms with Crippen molar-refractivity contribution < 1.29 is 14.6 Å². The van der Waals surface area contributed by atoms with Gasteiger partial charge in [0.15, 0.2) is 6.10 Å². The van der Waals surface area contributed by atoms with E-state index in [2.05, 4.69) is 0 Å². The number of nitrogens with zero attached hydrogens (tertiary/aromatic N) is 1. The molecule has 2 aromatic carbocycles. The zero-order valence-electron chi connectivity index (χ0n) is 16.3. The molecule has 1 amide bonds. The van der Waals surface area contributed by atoms with E-state index in [0.717, 1.165) is 11.1 Å². The van der Waals surface area contributed by atoms with Gasteiger partial charge in [0.05, 0.1) is 6.04 Å². The number of hydrogen-bond acceptors (Lipinski definition) is 3. The van der Waals surface area contributed by atoms with Crippen LogP contribution in [-0.4, -0.2) is 28.1 Å². The number of hydrogen-bond donors (Lipinski definition) is 1. The number of amides is 1. The summed E-state index contributed by atoms with van der Waals surface area (Å²) >= 11 is 0. The monoisotopic (exact) mass is 365 g/mol. The summed E-state index contributed by atoms with van der Waals surface area (Å²) in [5.74, 6) is 0.316. The lowest BCUT2D eigenvalue weighted by Gasteiger charge is -2.31. The summed E-state index contributed by atoms with van der Waals surface area (Å²) in [7, 11) is 0.